The van der Waals surface area contributed by atoms with Crippen molar-refractivity contribution in [1.29, 1.82) is 0 Å². The highest BCUT2D eigenvalue weighted by atomic mass is 16.1. The second kappa shape index (κ2) is 8.30. The van der Waals surface area contributed by atoms with Crippen molar-refractivity contribution in [2.24, 2.45) is 0 Å². The van der Waals surface area contributed by atoms with Crippen molar-refractivity contribution in [2.75, 3.05) is 14.1 Å². The summed E-state index contributed by atoms with van der Waals surface area (Å²) in [5, 5.41) is 2.91. The number of aryl methyl sites for hydroxylation is 1. The first-order valence-corrected chi connectivity index (χ1v) is 7.92. The van der Waals surface area contributed by atoms with Crippen LogP contribution in [-0.4, -0.2) is 20.0 Å². The number of amides is 1. The SMILES string of the molecule is Cc1ccc(/C=C/C(=O)NCc2ccc(C[NH+](C)C)cc2)cc1. The van der Waals surface area contributed by atoms with Crippen LogP contribution in [0.2, 0.25) is 0 Å². The molecule has 0 heterocycles. The molecule has 0 unspecified atom stereocenters. The highest BCUT2D eigenvalue weighted by Gasteiger charge is 2.00. The third kappa shape index (κ3) is 6.09. The van der Waals surface area contributed by atoms with Crippen molar-refractivity contribution in [3.05, 3.63) is 76.9 Å². The molecule has 2 N–H and O–H groups in total. The number of carbonyl (C=O) groups is 1. The Kier molecular flexibility index (Phi) is 6.12. The van der Waals surface area contributed by atoms with Gasteiger partial charge in [-0.3, -0.25) is 4.79 Å². The Bertz CT molecular complexity index is 655. The van der Waals surface area contributed by atoms with Crippen LogP contribution in [0.5, 0.6) is 0 Å². The van der Waals surface area contributed by atoms with E-state index in [2.05, 4.69) is 43.7 Å². The van der Waals surface area contributed by atoms with Gasteiger partial charge in [0.25, 0.3) is 0 Å². The first kappa shape index (κ1) is 17.0. The topological polar surface area (TPSA) is 33.5 Å². The normalized spacial score (nSPS) is 11.1. The number of benzene rings is 2. The molecule has 0 aliphatic rings. The lowest BCUT2D eigenvalue weighted by Crippen LogP contribution is -3.04. The van der Waals surface area contributed by atoms with Crippen molar-refractivity contribution in [3.8, 4) is 0 Å². The Balaban J connectivity index is 1.83. The summed E-state index contributed by atoms with van der Waals surface area (Å²) in [4.78, 5) is 13.3. The Hall–Kier alpha value is -2.39. The second-order valence-corrected chi connectivity index (χ2v) is 6.16. The molecule has 0 radical (unpaired) electrons. The molecule has 0 bridgehead atoms. The fraction of sp³-hybridized carbons (Fsp3) is 0.250. The van der Waals surface area contributed by atoms with Crippen LogP contribution in [0.3, 0.4) is 0 Å². The second-order valence-electron chi connectivity index (χ2n) is 6.16. The third-order valence-corrected chi connectivity index (χ3v) is 3.55. The Morgan fingerprint density at radius 1 is 1.00 bits per heavy atom. The van der Waals surface area contributed by atoms with Gasteiger partial charge in [0.15, 0.2) is 0 Å². The minimum absolute atomic E-state index is 0.0765. The van der Waals surface area contributed by atoms with Crippen molar-refractivity contribution in [1.82, 2.24) is 5.32 Å². The fourth-order valence-electron chi connectivity index (χ4n) is 2.28. The van der Waals surface area contributed by atoms with E-state index < -0.39 is 0 Å². The number of hydrogen-bond donors (Lipinski definition) is 2. The van der Waals surface area contributed by atoms with E-state index in [9.17, 15) is 4.79 Å². The summed E-state index contributed by atoms with van der Waals surface area (Å²) in [6.45, 7) is 3.60. The largest absolute Gasteiger partial charge is 0.348 e. The van der Waals surface area contributed by atoms with E-state index in [-0.39, 0.29) is 5.91 Å². The van der Waals surface area contributed by atoms with Crippen LogP contribution < -0.4 is 10.2 Å². The van der Waals surface area contributed by atoms with Gasteiger partial charge in [-0.2, -0.15) is 0 Å². The van der Waals surface area contributed by atoms with Crippen LogP contribution in [0.4, 0.5) is 0 Å². The number of hydrogen-bond acceptors (Lipinski definition) is 1. The predicted octanol–water partition coefficient (Wildman–Crippen LogP) is 1.97. The number of quaternary nitrogens is 1. The maximum Gasteiger partial charge on any atom is 0.244 e. The van der Waals surface area contributed by atoms with Gasteiger partial charge < -0.3 is 10.2 Å². The highest BCUT2D eigenvalue weighted by molar-refractivity contribution is 5.91. The van der Waals surface area contributed by atoms with Crippen LogP contribution in [0.1, 0.15) is 22.3 Å². The molecule has 0 spiro atoms. The first-order valence-electron chi connectivity index (χ1n) is 7.92. The maximum absolute atomic E-state index is 11.9. The molecule has 1 amide bonds. The molecule has 2 aromatic carbocycles. The molecular formula is C20H25N2O+. The van der Waals surface area contributed by atoms with Gasteiger partial charge in [-0.15, -0.1) is 0 Å². The Morgan fingerprint density at radius 3 is 2.22 bits per heavy atom. The molecule has 23 heavy (non-hydrogen) atoms. The van der Waals surface area contributed by atoms with Crippen molar-refractivity contribution >= 4 is 12.0 Å². The lowest BCUT2D eigenvalue weighted by molar-refractivity contribution is -0.872. The summed E-state index contributed by atoms with van der Waals surface area (Å²) in [6, 6.07) is 16.5. The lowest BCUT2D eigenvalue weighted by Gasteiger charge is -2.08. The summed E-state index contributed by atoms with van der Waals surface area (Å²) in [6.07, 6.45) is 3.41. The molecule has 0 atom stereocenters. The van der Waals surface area contributed by atoms with Gasteiger partial charge >= 0.3 is 0 Å². The van der Waals surface area contributed by atoms with E-state index >= 15 is 0 Å². The zero-order valence-corrected chi connectivity index (χ0v) is 14.1. The van der Waals surface area contributed by atoms with Crippen LogP contribution in [0, 0.1) is 6.92 Å². The number of nitrogens with one attached hydrogen (secondary N) is 2. The molecule has 0 aliphatic heterocycles. The number of rotatable bonds is 6. The molecule has 0 fully saturated rings. The van der Waals surface area contributed by atoms with Gasteiger partial charge in [0.1, 0.15) is 6.54 Å². The summed E-state index contributed by atoms with van der Waals surface area (Å²) in [7, 11) is 4.27. The van der Waals surface area contributed by atoms with E-state index in [1.165, 1.54) is 16.0 Å². The lowest BCUT2D eigenvalue weighted by atomic mass is 10.1. The van der Waals surface area contributed by atoms with Crippen LogP contribution in [0.25, 0.3) is 6.08 Å². The fourth-order valence-corrected chi connectivity index (χ4v) is 2.28. The van der Waals surface area contributed by atoms with Crippen molar-refractivity contribution < 1.29 is 9.69 Å². The average molecular weight is 309 g/mol. The van der Waals surface area contributed by atoms with Crippen LogP contribution in [-0.2, 0) is 17.9 Å². The molecule has 2 rings (SSSR count). The van der Waals surface area contributed by atoms with Gasteiger partial charge in [0.2, 0.25) is 5.91 Å². The van der Waals surface area contributed by atoms with Gasteiger partial charge in [0.05, 0.1) is 14.1 Å². The average Bonchev–Trinajstić information content (AvgIpc) is 2.53. The van der Waals surface area contributed by atoms with E-state index in [4.69, 9.17) is 0 Å². The molecule has 0 aliphatic carbocycles. The molecule has 0 saturated carbocycles. The molecule has 0 saturated heterocycles. The summed E-state index contributed by atoms with van der Waals surface area (Å²) >= 11 is 0. The summed E-state index contributed by atoms with van der Waals surface area (Å²) in [5.74, 6) is -0.0765. The van der Waals surface area contributed by atoms with Gasteiger partial charge in [0, 0.05) is 18.2 Å². The van der Waals surface area contributed by atoms with Crippen LogP contribution >= 0.6 is 0 Å². The van der Waals surface area contributed by atoms with E-state index in [1.807, 2.05) is 37.3 Å². The molecule has 3 heteroatoms. The van der Waals surface area contributed by atoms with Crippen molar-refractivity contribution in [2.45, 2.75) is 20.0 Å². The molecule has 0 aromatic heterocycles. The summed E-state index contributed by atoms with van der Waals surface area (Å²) < 4.78 is 0. The van der Waals surface area contributed by atoms with E-state index in [0.29, 0.717) is 6.54 Å². The molecule has 120 valence electrons. The highest BCUT2D eigenvalue weighted by Crippen LogP contribution is 2.05. The minimum atomic E-state index is -0.0765. The van der Waals surface area contributed by atoms with Crippen molar-refractivity contribution in [3.63, 3.8) is 0 Å². The molecular weight excluding hydrogens is 284 g/mol. The van der Waals surface area contributed by atoms with Gasteiger partial charge in [-0.1, -0.05) is 54.1 Å². The molecule has 3 nitrogen and oxygen atoms in total. The van der Waals surface area contributed by atoms with Crippen LogP contribution in [0.15, 0.2) is 54.6 Å². The maximum atomic E-state index is 11.9. The van der Waals surface area contributed by atoms with Gasteiger partial charge in [-0.05, 0) is 24.1 Å². The summed E-state index contributed by atoms with van der Waals surface area (Å²) in [5.41, 5.74) is 4.66. The smallest absolute Gasteiger partial charge is 0.244 e. The Labute approximate surface area is 138 Å². The standard InChI is InChI=1S/C20H24N2O/c1-16-4-6-17(7-5-16)12-13-20(23)21-14-18-8-10-19(11-9-18)15-22(2)3/h4-13H,14-15H2,1-3H3,(H,21,23)/p+1/b13-12+. The molecule has 2 aromatic rings. The monoisotopic (exact) mass is 309 g/mol. The quantitative estimate of drug-likeness (QED) is 0.786. The zero-order chi connectivity index (χ0) is 16.7. The van der Waals surface area contributed by atoms with E-state index in [0.717, 1.165) is 17.7 Å². The predicted molar refractivity (Wildman–Crippen MR) is 95.0 cm³/mol. The Morgan fingerprint density at radius 2 is 1.61 bits per heavy atom. The van der Waals surface area contributed by atoms with Gasteiger partial charge in [-0.25, -0.2) is 0 Å². The van der Waals surface area contributed by atoms with E-state index in [1.54, 1.807) is 6.08 Å². The third-order valence-electron chi connectivity index (χ3n) is 3.55. The number of carbonyl (C=O) groups excluding carboxylic acids is 1. The minimum Gasteiger partial charge on any atom is -0.348 e. The first-order chi connectivity index (χ1) is 11.0. The zero-order valence-electron chi connectivity index (χ0n) is 14.1.